The number of hydrogen-bond acceptors (Lipinski definition) is 6. The topological polar surface area (TPSA) is 83.7 Å². The highest BCUT2D eigenvalue weighted by atomic mass is 16.5. The highest BCUT2D eigenvalue weighted by Crippen LogP contribution is 2.36. The molecule has 174 valence electrons. The van der Waals surface area contributed by atoms with Crippen molar-refractivity contribution >= 4 is 22.6 Å². The first-order valence-corrected chi connectivity index (χ1v) is 11.5. The van der Waals surface area contributed by atoms with Crippen molar-refractivity contribution in [1.29, 1.82) is 0 Å². The number of benzene rings is 2. The van der Waals surface area contributed by atoms with Crippen LogP contribution in [-0.2, 0) is 11.3 Å². The maximum absolute atomic E-state index is 11.1. The number of carboxylic acids is 1. The molecule has 8 nitrogen and oxygen atoms in total. The number of pyridine rings is 1. The second kappa shape index (κ2) is 9.93. The molecule has 0 saturated carbocycles. The second-order valence-electron chi connectivity index (χ2n) is 8.37. The van der Waals surface area contributed by atoms with Gasteiger partial charge >= 0.3 is 5.97 Å². The molecule has 1 fully saturated rings. The Bertz CT molecular complexity index is 1270. The van der Waals surface area contributed by atoms with Gasteiger partial charge in [0.25, 0.3) is 0 Å². The van der Waals surface area contributed by atoms with E-state index >= 15 is 0 Å². The van der Waals surface area contributed by atoms with Gasteiger partial charge in [-0.2, -0.15) is 5.10 Å². The normalized spacial score (nSPS) is 14.8. The fourth-order valence-electron chi connectivity index (χ4n) is 4.43. The van der Waals surface area contributed by atoms with E-state index in [1.165, 1.54) is 0 Å². The lowest BCUT2D eigenvalue weighted by Crippen LogP contribution is -2.31. The molecule has 0 aliphatic carbocycles. The van der Waals surface area contributed by atoms with Gasteiger partial charge in [-0.1, -0.05) is 24.3 Å². The van der Waals surface area contributed by atoms with E-state index in [2.05, 4.69) is 20.9 Å². The first kappa shape index (κ1) is 21.9. The molecule has 0 spiro atoms. The average molecular weight is 458 g/mol. The van der Waals surface area contributed by atoms with Crippen molar-refractivity contribution in [2.45, 2.75) is 13.0 Å². The molecule has 0 atom stereocenters. The van der Waals surface area contributed by atoms with E-state index in [4.69, 9.17) is 14.9 Å². The van der Waals surface area contributed by atoms with Crippen molar-refractivity contribution in [3.63, 3.8) is 0 Å². The molecule has 1 aliphatic rings. The van der Waals surface area contributed by atoms with Crippen LogP contribution in [0.25, 0.3) is 16.6 Å². The molecule has 8 heteroatoms. The Morgan fingerprint density at radius 1 is 0.971 bits per heavy atom. The van der Waals surface area contributed by atoms with Gasteiger partial charge in [0.2, 0.25) is 0 Å². The molecule has 3 heterocycles. The standard InChI is InChI=1S/C26H27N5O3/c32-24(33)19-34-23-10-9-20-6-4-12-27-25(20)26(23)30-14-5-13-29(16-17-30)18-21-11-15-31(28-21)22-7-2-1-3-8-22/h1-4,6-12,15H,5,13-14,16-19H2,(H,32,33). The molecule has 2 aromatic heterocycles. The summed E-state index contributed by atoms with van der Waals surface area (Å²) >= 11 is 0. The summed E-state index contributed by atoms with van der Waals surface area (Å²) < 4.78 is 7.57. The summed E-state index contributed by atoms with van der Waals surface area (Å²) in [5, 5.41) is 14.9. The van der Waals surface area contributed by atoms with E-state index < -0.39 is 5.97 Å². The lowest BCUT2D eigenvalue weighted by molar-refractivity contribution is -0.139. The van der Waals surface area contributed by atoms with Crippen molar-refractivity contribution in [3.05, 3.63) is 78.8 Å². The van der Waals surface area contributed by atoms with E-state index in [0.29, 0.717) is 5.75 Å². The van der Waals surface area contributed by atoms with Crippen LogP contribution in [-0.4, -0.2) is 63.5 Å². The first-order chi connectivity index (χ1) is 16.7. The summed E-state index contributed by atoms with van der Waals surface area (Å²) in [6.45, 7) is 3.85. The number of aliphatic carboxylic acids is 1. The molecule has 4 aromatic rings. The number of anilines is 1. The number of para-hydroxylation sites is 1. The molecule has 0 radical (unpaired) electrons. The molecule has 0 amide bonds. The zero-order valence-corrected chi connectivity index (χ0v) is 18.9. The number of nitrogens with zero attached hydrogens (tertiary/aromatic N) is 5. The molecule has 0 unspecified atom stereocenters. The molecular formula is C26H27N5O3. The zero-order chi connectivity index (χ0) is 23.3. The summed E-state index contributed by atoms with van der Waals surface area (Å²) in [4.78, 5) is 20.4. The first-order valence-electron chi connectivity index (χ1n) is 11.5. The largest absolute Gasteiger partial charge is 0.480 e. The van der Waals surface area contributed by atoms with Crippen LogP contribution in [0.4, 0.5) is 5.69 Å². The van der Waals surface area contributed by atoms with E-state index in [0.717, 1.165) is 67.1 Å². The number of aromatic nitrogens is 3. The van der Waals surface area contributed by atoms with Crippen LogP contribution < -0.4 is 9.64 Å². The Morgan fingerprint density at radius 2 is 1.85 bits per heavy atom. The van der Waals surface area contributed by atoms with Gasteiger partial charge in [-0.25, -0.2) is 9.48 Å². The highest BCUT2D eigenvalue weighted by molar-refractivity contribution is 5.94. The monoisotopic (exact) mass is 457 g/mol. The Balaban J connectivity index is 1.32. The number of fused-ring (bicyclic) bond motifs is 1. The molecule has 1 aliphatic heterocycles. The third-order valence-electron chi connectivity index (χ3n) is 6.02. The van der Waals surface area contributed by atoms with Crippen LogP contribution in [0.1, 0.15) is 12.1 Å². The molecule has 2 aromatic carbocycles. The van der Waals surface area contributed by atoms with Gasteiger partial charge in [-0.15, -0.1) is 0 Å². The van der Waals surface area contributed by atoms with Gasteiger partial charge in [0.15, 0.2) is 6.61 Å². The lowest BCUT2D eigenvalue weighted by Gasteiger charge is -2.26. The summed E-state index contributed by atoms with van der Waals surface area (Å²) in [5.74, 6) is -0.437. The van der Waals surface area contributed by atoms with Gasteiger partial charge in [0.1, 0.15) is 11.4 Å². The summed E-state index contributed by atoms with van der Waals surface area (Å²) in [6, 6.07) is 19.9. The average Bonchev–Trinajstić information content (AvgIpc) is 3.21. The minimum atomic E-state index is -0.996. The summed E-state index contributed by atoms with van der Waals surface area (Å²) in [6.07, 6.45) is 4.74. The highest BCUT2D eigenvalue weighted by Gasteiger charge is 2.22. The Morgan fingerprint density at radius 3 is 2.71 bits per heavy atom. The van der Waals surface area contributed by atoms with Crippen LogP contribution in [0, 0.1) is 0 Å². The molecule has 1 saturated heterocycles. The van der Waals surface area contributed by atoms with Gasteiger partial charge < -0.3 is 14.7 Å². The van der Waals surface area contributed by atoms with Crippen LogP contribution in [0.3, 0.4) is 0 Å². The van der Waals surface area contributed by atoms with E-state index in [1.54, 1.807) is 6.20 Å². The molecule has 1 N–H and O–H groups in total. The lowest BCUT2D eigenvalue weighted by atomic mass is 10.1. The van der Waals surface area contributed by atoms with Crippen molar-refractivity contribution in [1.82, 2.24) is 19.7 Å². The second-order valence-corrected chi connectivity index (χ2v) is 8.37. The van der Waals surface area contributed by atoms with Gasteiger partial charge in [-0.05, 0) is 42.8 Å². The quantitative estimate of drug-likeness (QED) is 0.454. The van der Waals surface area contributed by atoms with E-state index in [9.17, 15) is 4.79 Å². The zero-order valence-electron chi connectivity index (χ0n) is 18.9. The van der Waals surface area contributed by atoms with Crippen molar-refractivity contribution in [2.75, 3.05) is 37.7 Å². The Labute approximate surface area is 198 Å². The third kappa shape index (κ3) is 4.87. The van der Waals surface area contributed by atoms with Crippen LogP contribution in [0.5, 0.6) is 5.75 Å². The third-order valence-corrected chi connectivity index (χ3v) is 6.02. The Kier molecular flexibility index (Phi) is 6.40. The minimum Gasteiger partial charge on any atom is -0.480 e. The van der Waals surface area contributed by atoms with E-state index in [-0.39, 0.29) is 6.61 Å². The van der Waals surface area contributed by atoms with Crippen LogP contribution in [0.15, 0.2) is 73.1 Å². The Hall–Kier alpha value is -3.91. The van der Waals surface area contributed by atoms with E-state index in [1.807, 2.05) is 65.5 Å². The smallest absolute Gasteiger partial charge is 0.341 e. The number of ether oxygens (including phenoxy) is 1. The maximum Gasteiger partial charge on any atom is 0.341 e. The maximum atomic E-state index is 11.1. The summed E-state index contributed by atoms with van der Waals surface area (Å²) in [5.41, 5.74) is 3.79. The molecule has 0 bridgehead atoms. The number of carboxylic acid groups (broad SMARTS) is 1. The van der Waals surface area contributed by atoms with Gasteiger partial charge in [0.05, 0.1) is 16.9 Å². The van der Waals surface area contributed by atoms with Crippen molar-refractivity contribution in [3.8, 4) is 11.4 Å². The molecule has 5 rings (SSSR count). The van der Waals surface area contributed by atoms with Gasteiger partial charge in [-0.3, -0.25) is 9.88 Å². The van der Waals surface area contributed by atoms with Gasteiger partial charge in [0, 0.05) is 50.5 Å². The number of rotatable bonds is 7. The minimum absolute atomic E-state index is 0.380. The predicted octanol–water partition coefficient (Wildman–Crippen LogP) is 3.60. The molecular weight excluding hydrogens is 430 g/mol. The number of carbonyl (C=O) groups is 1. The fraction of sp³-hybridized carbons (Fsp3) is 0.269. The van der Waals surface area contributed by atoms with Crippen molar-refractivity contribution < 1.29 is 14.6 Å². The molecule has 34 heavy (non-hydrogen) atoms. The number of hydrogen-bond donors (Lipinski definition) is 1. The van der Waals surface area contributed by atoms with Crippen LogP contribution >= 0.6 is 0 Å². The van der Waals surface area contributed by atoms with Crippen molar-refractivity contribution in [2.24, 2.45) is 0 Å². The summed E-state index contributed by atoms with van der Waals surface area (Å²) in [7, 11) is 0. The van der Waals surface area contributed by atoms with Crippen LogP contribution in [0.2, 0.25) is 0 Å². The SMILES string of the molecule is O=C(O)COc1ccc2cccnc2c1N1CCCN(Cc2ccn(-c3ccccc3)n2)CC1. The predicted molar refractivity (Wildman–Crippen MR) is 131 cm³/mol. The fourth-order valence-corrected chi connectivity index (χ4v) is 4.43.